The van der Waals surface area contributed by atoms with Crippen LogP contribution in [0.15, 0.2) is 0 Å². The van der Waals surface area contributed by atoms with Gasteiger partial charge in [0.05, 0.1) is 24.1 Å². The van der Waals surface area contributed by atoms with Crippen molar-refractivity contribution in [1.29, 1.82) is 0 Å². The van der Waals surface area contributed by atoms with E-state index in [1.165, 1.54) is 11.8 Å². The fourth-order valence-corrected chi connectivity index (χ4v) is 2.57. The zero-order valence-corrected chi connectivity index (χ0v) is 7.61. The summed E-state index contributed by atoms with van der Waals surface area (Å²) >= 11 is 1.30. The Balaban J connectivity index is 2.63. The highest BCUT2D eigenvalue weighted by atomic mass is 32.2. The zero-order chi connectivity index (χ0) is 9.30. The highest BCUT2D eigenvalue weighted by Crippen LogP contribution is 2.31. The Kier molecular flexibility index (Phi) is 3.37. The minimum Gasteiger partial charge on any atom is -0.395 e. The summed E-state index contributed by atoms with van der Waals surface area (Å²) in [4.78, 5) is 0. The van der Waals surface area contributed by atoms with E-state index in [4.69, 9.17) is 5.11 Å². The smallest absolute Gasteiger partial charge is 0.108 e. The van der Waals surface area contributed by atoms with Gasteiger partial charge in [-0.1, -0.05) is 6.92 Å². The van der Waals surface area contributed by atoms with E-state index in [-0.39, 0.29) is 11.9 Å². The van der Waals surface area contributed by atoms with Crippen molar-refractivity contribution in [2.45, 2.75) is 35.7 Å². The maximum atomic E-state index is 9.33. The van der Waals surface area contributed by atoms with Gasteiger partial charge >= 0.3 is 0 Å². The van der Waals surface area contributed by atoms with Crippen LogP contribution in [0.1, 0.15) is 6.92 Å². The molecule has 0 aliphatic carbocycles. The molecular weight excluding hydrogens is 180 g/mol. The van der Waals surface area contributed by atoms with Crippen molar-refractivity contribution in [3.8, 4) is 0 Å². The molecule has 0 aromatic carbocycles. The minimum atomic E-state index is -1.14. The molecule has 0 radical (unpaired) electrons. The first-order valence-corrected chi connectivity index (χ1v) is 4.82. The first-order chi connectivity index (χ1) is 5.57. The van der Waals surface area contributed by atoms with Crippen LogP contribution in [-0.4, -0.2) is 55.8 Å². The van der Waals surface area contributed by atoms with Crippen LogP contribution in [0.25, 0.3) is 0 Å². The molecule has 0 amide bonds. The Labute approximate surface area is 75.2 Å². The summed E-state index contributed by atoms with van der Waals surface area (Å²) in [5.41, 5.74) is 0. The van der Waals surface area contributed by atoms with Gasteiger partial charge in [-0.3, -0.25) is 0 Å². The van der Waals surface area contributed by atoms with Crippen molar-refractivity contribution in [3.63, 3.8) is 0 Å². The first-order valence-electron chi connectivity index (χ1n) is 3.88. The van der Waals surface area contributed by atoms with Gasteiger partial charge in [0.1, 0.15) is 6.10 Å². The van der Waals surface area contributed by atoms with Gasteiger partial charge in [0, 0.05) is 5.25 Å². The molecule has 4 nitrogen and oxygen atoms in total. The number of hydrogen-bond acceptors (Lipinski definition) is 5. The van der Waals surface area contributed by atoms with Crippen LogP contribution in [0, 0.1) is 0 Å². The van der Waals surface area contributed by atoms with E-state index >= 15 is 0 Å². The highest BCUT2D eigenvalue weighted by molar-refractivity contribution is 8.00. The highest BCUT2D eigenvalue weighted by Gasteiger charge is 2.40. The summed E-state index contributed by atoms with van der Waals surface area (Å²) < 4.78 is 0. The van der Waals surface area contributed by atoms with E-state index in [9.17, 15) is 15.3 Å². The summed E-state index contributed by atoms with van der Waals surface area (Å²) in [5, 5.41) is 36.2. The summed E-state index contributed by atoms with van der Waals surface area (Å²) in [6.45, 7) is 1.58. The summed E-state index contributed by atoms with van der Waals surface area (Å²) in [5.74, 6) is 0. The van der Waals surface area contributed by atoms with E-state index in [1.807, 2.05) is 0 Å². The standard InChI is InChI=1S/C7H14O4S/c1-3-5(9)7(11)6(10)4(2-8)12-3/h3-11H,2H2,1H3/t3?,4?,5-,6+,7?/m0/s1. The van der Waals surface area contributed by atoms with Gasteiger partial charge in [0.2, 0.25) is 0 Å². The van der Waals surface area contributed by atoms with E-state index in [2.05, 4.69) is 0 Å². The third kappa shape index (κ3) is 1.75. The third-order valence-corrected chi connectivity index (χ3v) is 3.62. The van der Waals surface area contributed by atoms with Gasteiger partial charge in [0.15, 0.2) is 0 Å². The largest absolute Gasteiger partial charge is 0.395 e. The molecule has 1 aliphatic heterocycles. The summed E-state index contributed by atoms with van der Waals surface area (Å²) in [7, 11) is 0. The number of rotatable bonds is 1. The monoisotopic (exact) mass is 194 g/mol. The van der Waals surface area contributed by atoms with Gasteiger partial charge in [0.25, 0.3) is 0 Å². The average Bonchev–Trinajstić information content (AvgIpc) is 2.08. The van der Waals surface area contributed by atoms with Crippen LogP contribution < -0.4 is 0 Å². The fourth-order valence-electron chi connectivity index (χ4n) is 1.29. The molecule has 0 spiro atoms. The minimum absolute atomic E-state index is 0.152. The molecule has 72 valence electrons. The van der Waals surface area contributed by atoms with Gasteiger partial charge < -0.3 is 20.4 Å². The molecule has 0 aromatic heterocycles. The maximum Gasteiger partial charge on any atom is 0.108 e. The molecule has 5 heteroatoms. The van der Waals surface area contributed by atoms with E-state index < -0.39 is 23.6 Å². The molecule has 1 aliphatic rings. The van der Waals surface area contributed by atoms with Gasteiger partial charge in [-0.25, -0.2) is 0 Å². The molecule has 4 N–H and O–H groups in total. The number of thioether (sulfide) groups is 1. The molecule has 5 atom stereocenters. The molecular formula is C7H14O4S. The van der Waals surface area contributed by atoms with Gasteiger partial charge in [-0.2, -0.15) is 0 Å². The summed E-state index contributed by atoms with van der Waals surface area (Å²) in [6.07, 6.45) is -3.09. The maximum absolute atomic E-state index is 9.33. The topological polar surface area (TPSA) is 80.9 Å². The Morgan fingerprint density at radius 2 is 1.67 bits per heavy atom. The molecule has 0 saturated carbocycles. The second-order valence-corrected chi connectivity index (χ2v) is 4.66. The lowest BCUT2D eigenvalue weighted by Crippen LogP contribution is -2.53. The van der Waals surface area contributed by atoms with Crippen LogP contribution in [0.5, 0.6) is 0 Å². The molecule has 1 rings (SSSR count). The quantitative estimate of drug-likeness (QED) is 0.411. The molecule has 1 fully saturated rings. The first kappa shape index (κ1) is 10.3. The Morgan fingerprint density at radius 1 is 1.08 bits per heavy atom. The number of aliphatic hydroxyl groups excluding tert-OH is 4. The van der Waals surface area contributed by atoms with Crippen LogP contribution in [0.2, 0.25) is 0 Å². The van der Waals surface area contributed by atoms with Crippen LogP contribution >= 0.6 is 11.8 Å². The lowest BCUT2D eigenvalue weighted by molar-refractivity contribution is -0.0680. The van der Waals surface area contributed by atoms with Crippen molar-refractivity contribution in [1.82, 2.24) is 0 Å². The number of aliphatic hydroxyl groups is 4. The molecule has 1 heterocycles. The Hall–Kier alpha value is 0.190. The second-order valence-electron chi connectivity index (χ2n) is 3.03. The van der Waals surface area contributed by atoms with E-state index in [1.54, 1.807) is 6.92 Å². The molecule has 12 heavy (non-hydrogen) atoms. The van der Waals surface area contributed by atoms with Crippen molar-refractivity contribution >= 4 is 11.8 Å². The molecule has 1 saturated heterocycles. The van der Waals surface area contributed by atoms with Crippen LogP contribution in [-0.2, 0) is 0 Å². The fraction of sp³-hybridized carbons (Fsp3) is 1.00. The van der Waals surface area contributed by atoms with Gasteiger partial charge in [-0.05, 0) is 0 Å². The molecule has 0 aromatic rings. The SMILES string of the molecule is CC1SC(CO)[C@@H](O)C(O)[C@H]1O. The molecule has 0 bridgehead atoms. The lowest BCUT2D eigenvalue weighted by Gasteiger charge is -2.37. The Bertz CT molecular complexity index is 150. The third-order valence-electron chi connectivity index (χ3n) is 2.13. The Morgan fingerprint density at radius 3 is 2.17 bits per heavy atom. The van der Waals surface area contributed by atoms with Crippen molar-refractivity contribution in [2.75, 3.05) is 6.61 Å². The van der Waals surface area contributed by atoms with Crippen molar-refractivity contribution < 1.29 is 20.4 Å². The van der Waals surface area contributed by atoms with Gasteiger partial charge in [-0.15, -0.1) is 11.8 Å². The summed E-state index contributed by atoms with van der Waals surface area (Å²) in [6, 6.07) is 0. The van der Waals surface area contributed by atoms with E-state index in [0.29, 0.717) is 0 Å². The normalized spacial score (nSPS) is 49.2. The van der Waals surface area contributed by atoms with Crippen LogP contribution in [0.3, 0.4) is 0 Å². The lowest BCUT2D eigenvalue weighted by atomic mass is 10.0. The van der Waals surface area contributed by atoms with E-state index in [0.717, 1.165) is 0 Å². The number of hydrogen-bond donors (Lipinski definition) is 4. The van der Waals surface area contributed by atoms with Crippen molar-refractivity contribution in [3.05, 3.63) is 0 Å². The predicted molar refractivity (Wildman–Crippen MR) is 45.9 cm³/mol. The zero-order valence-electron chi connectivity index (χ0n) is 6.79. The van der Waals surface area contributed by atoms with Crippen LogP contribution in [0.4, 0.5) is 0 Å². The van der Waals surface area contributed by atoms with Crippen molar-refractivity contribution in [2.24, 2.45) is 0 Å². The molecule has 3 unspecified atom stereocenters. The second kappa shape index (κ2) is 3.93. The average molecular weight is 194 g/mol. The predicted octanol–water partition coefficient (Wildman–Crippen LogP) is -1.43.